The van der Waals surface area contributed by atoms with Crippen LogP contribution in [0.3, 0.4) is 0 Å². The van der Waals surface area contributed by atoms with Crippen LogP contribution in [0.1, 0.15) is 17.0 Å². The Hall–Kier alpha value is -2.74. The first-order valence-electron chi connectivity index (χ1n) is 6.36. The monoisotopic (exact) mass is 284 g/mol. The van der Waals surface area contributed by atoms with Gasteiger partial charge in [-0.15, -0.1) is 0 Å². The summed E-state index contributed by atoms with van der Waals surface area (Å²) in [7, 11) is 3.14. The molecule has 2 rings (SSSR count). The molecule has 2 aromatic rings. The summed E-state index contributed by atoms with van der Waals surface area (Å²) in [6.07, 6.45) is 0. The number of pyridine rings is 1. The summed E-state index contributed by atoms with van der Waals surface area (Å²) >= 11 is 0. The van der Waals surface area contributed by atoms with Crippen molar-refractivity contribution >= 4 is 0 Å². The first-order chi connectivity index (χ1) is 10.1. The highest BCUT2D eigenvalue weighted by Crippen LogP contribution is 2.32. The number of hydrogen-bond donors (Lipinski definition) is 0. The fourth-order valence-corrected chi connectivity index (χ4v) is 1.98. The Labute approximate surface area is 123 Å². The summed E-state index contributed by atoms with van der Waals surface area (Å²) in [5.74, 6) is 2.24. The van der Waals surface area contributed by atoms with E-state index in [1.165, 1.54) is 0 Å². The lowest BCUT2D eigenvalue weighted by Gasteiger charge is -2.12. The third-order valence-corrected chi connectivity index (χ3v) is 2.96. The molecular weight excluding hydrogens is 268 g/mol. The molecule has 1 aromatic heterocycles. The van der Waals surface area contributed by atoms with E-state index >= 15 is 0 Å². The van der Waals surface area contributed by atoms with Crippen molar-refractivity contribution in [1.82, 2.24) is 4.98 Å². The lowest BCUT2D eigenvalue weighted by molar-refractivity contribution is 0.386. The normalized spacial score (nSPS) is 9.86. The molecule has 0 aliphatic heterocycles. The lowest BCUT2D eigenvalue weighted by Crippen LogP contribution is -1.97. The average Bonchev–Trinajstić information content (AvgIpc) is 2.46. The van der Waals surface area contributed by atoms with Crippen molar-refractivity contribution in [3.63, 3.8) is 0 Å². The molecular formula is C16H16N2O3. The molecule has 5 nitrogen and oxygen atoms in total. The number of nitrogens with zero attached hydrogens (tertiary/aromatic N) is 2. The Morgan fingerprint density at radius 2 is 1.52 bits per heavy atom. The molecule has 0 amide bonds. The van der Waals surface area contributed by atoms with Crippen molar-refractivity contribution in [2.45, 2.75) is 13.8 Å². The van der Waals surface area contributed by atoms with Crippen LogP contribution in [0.15, 0.2) is 24.3 Å². The van der Waals surface area contributed by atoms with E-state index in [0.717, 1.165) is 5.69 Å². The predicted octanol–water partition coefficient (Wildman–Crippen LogP) is 3.38. The fourth-order valence-electron chi connectivity index (χ4n) is 1.98. The SMILES string of the molecule is COc1cc(OC)cc(Oc2cc(C)nc(C)c2C#N)c1. The van der Waals surface area contributed by atoms with Gasteiger partial charge in [0.05, 0.1) is 19.9 Å². The van der Waals surface area contributed by atoms with E-state index in [9.17, 15) is 5.26 Å². The van der Waals surface area contributed by atoms with Gasteiger partial charge in [0.15, 0.2) is 0 Å². The summed E-state index contributed by atoms with van der Waals surface area (Å²) in [5.41, 5.74) is 1.85. The Balaban J connectivity index is 2.45. The van der Waals surface area contributed by atoms with Gasteiger partial charge in [0, 0.05) is 30.0 Å². The first kappa shape index (κ1) is 14.7. The maximum atomic E-state index is 9.25. The molecule has 0 bridgehead atoms. The van der Waals surface area contributed by atoms with Crippen molar-refractivity contribution in [3.05, 3.63) is 41.2 Å². The number of nitriles is 1. The van der Waals surface area contributed by atoms with Gasteiger partial charge in [0.2, 0.25) is 0 Å². The molecule has 0 saturated carbocycles. The number of aryl methyl sites for hydroxylation is 2. The van der Waals surface area contributed by atoms with Crippen LogP contribution in [0.2, 0.25) is 0 Å². The number of hydrogen-bond acceptors (Lipinski definition) is 5. The van der Waals surface area contributed by atoms with Crippen LogP contribution in [0.4, 0.5) is 0 Å². The second kappa shape index (κ2) is 6.14. The molecule has 5 heteroatoms. The zero-order valence-electron chi connectivity index (χ0n) is 12.4. The summed E-state index contributed by atoms with van der Waals surface area (Å²) in [5, 5.41) is 9.25. The van der Waals surface area contributed by atoms with Gasteiger partial charge in [-0.2, -0.15) is 5.26 Å². The molecule has 1 heterocycles. The first-order valence-corrected chi connectivity index (χ1v) is 6.36. The second-order valence-electron chi connectivity index (χ2n) is 4.48. The quantitative estimate of drug-likeness (QED) is 0.861. The number of benzene rings is 1. The maximum absolute atomic E-state index is 9.25. The lowest BCUT2D eigenvalue weighted by atomic mass is 10.2. The van der Waals surface area contributed by atoms with Crippen LogP contribution in [0.5, 0.6) is 23.0 Å². The Morgan fingerprint density at radius 3 is 2.05 bits per heavy atom. The zero-order chi connectivity index (χ0) is 15.4. The minimum Gasteiger partial charge on any atom is -0.496 e. The molecule has 0 N–H and O–H groups in total. The Morgan fingerprint density at radius 1 is 0.952 bits per heavy atom. The second-order valence-corrected chi connectivity index (χ2v) is 4.48. The van der Waals surface area contributed by atoms with Gasteiger partial charge >= 0.3 is 0 Å². The molecule has 1 aromatic carbocycles. The maximum Gasteiger partial charge on any atom is 0.148 e. The van der Waals surface area contributed by atoms with E-state index in [0.29, 0.717) is 34.3 Å². The van der Waals surface area contributed by atoms with Crippen LogP contribution in [-0.4, -0.2) is 19.2 Å². The minimum atomic E-state index is 0.419. The number of aromatic nitrogens is 1. The molecule has 0 fully saturated rings. The molecule has 0 unspecified atom stereocenters. The van der Waals surface area contributed by atoms with Crippen LogP contribution in [-0.2, 0) is 0 Å². The zero-order valence-corrected chi connectivity index (χ0v) is 12.4. The van der Waals surface area contributed by atoms with E-state index in [2.05, 4.69) is 11.1 Å². The van der Waals surface area contributed by atoms with Gasteiger partial charge in [-0.05, 0) is 13.8 Å². The number of methoxy groups -OCH3 is 2. The third kappa shape index (κ3) is 3.23. The smallest absolute Gasteiger partial charge is 0.148 e. The molecule has 21 heavy (non-hydrogen) atoms. The fraction of sp³-hybridized carbons (Fsp3) is 0.250. The largest absolute Gasteiger partial charge is 0.496 e. The standard InChI is InChI=1S/C16H16N2O3/c1-10-5-16(15(9-17)11(2)18-10)21-14-7-12(19-3)6-13(8-14)20-4/h5-8H,1-4H3. The number of rotatable bonds is 4. The Kier molecular flexibility index (Phi) is 4.29. The minimum absolute atomic E-state index is 0.419. The van der Waals surface area contributed by atoms with Gasteiger partial charge in [0.1, 0.15) is 34.6 Å². The molecule has 0 aliphatic rings. The van der Waals surface area contributed by atoms with Gasteiger partial charge in [-0.3, -0.25) is 4.98 Å². The van der Waals surface area contributed by atoms with Crippen molar-refractivity contribution in [2.75, 3.05) is 14.2 Å². The molecule has 0 atom stereocenters. The topological polar surface area (TPSA) is 64.4 Å². The molecule has 0 aliphatic carbocycles. The summed E-state index contributed by atoms with van der Waals surface area (Å²) < 4.78 is 16.2. The van der Waals surface area contributed by atoms with Crippen LogP contribution >= 0.6 is 0 Å². The Bertz CT molecular complexity index is 683. The van der Waals surface area contributed by atoms with Crippen molar-refractivity contribution < 1.29 is 14.2 Å². The summed E-state index contributed by atoms with van der Waals surface area (Å²) in [6, 6.07) is 9.07. The highest BCUT2D eigenvalue weighted by molar-refractivity contribution is 5.50. The van der Waals surface area contributed by atoms with Crippen molar-refractivity contribution in [3.8, 4) is 29.1 Å². The predicted molar refractivity (Wildman–Crippen MR) is 78.0 cm³/mol. The van der Waals surface area contributed by atoms with E-state index in [-0.39, 0.29) is 0 Å². The van der Waals surface area contributed by atoms with Crippen molar-refractivity contribution in [1.29, 1.82) is 5.26 Å². The van der Waals surface area contributed by atoms with Gasteiger partial charge in [-0.25, -0.2) is 0 Å². The van der Waals surface area contributed by atoms with E-state index in [1.54, 1.807) is 45.4 Å². The summed E-state index contributed by atoms with van der Waals surface area (Å²) in [4.78, 5) is 4.26. The van der Waals surface area contributed by atoms with Crippen LogP contribution in [0.25, 0.3) is 0 Å². The van der Waals surface area contributed by atoms with Gasteiger partial charge in [0.25, 0.3) is 0 Å². The molecule has 0 spiro atoms. The van der Waals surface area contributed by atoms with E-state index < -0.39 is 0 Å². The third-order valence-electron chi connectivity index (χ3n) is 2.96. The van der Waals surface area contributed by atoms with Crippen LogP contribution in [0, 0.1) is 25.2 Å². The van der Waals surface area contributed by atoms with E-state index in [4.69, 9.17) is 14.2 Å². The highest BCUT2D eigenvalue weighted by Gasteiger charge is 2.12. The number of ether oxygens (including phenoxy) is 3. The molecule has 0 radical (unpaired) electrons. The average molecular weight is 284 g/mol. The van der Waals surface area contributed by atoms with E-state index in [1.807, 2.05) is 6.92 Å². The van der Waals surface area contributed by atoms with Gasteiger partial charge < -0.3 is 14.2 Å². The van der Waals surface area contributed by atoms with Crippen molar-refractivity contribution in [2.24, 2.45) is 0 Å². The van der Waals surface area contributed by atoms with Gasteiger partial charge in [-0.1, -0.05) is 0 Å². The molecule has 108 valence electrons. The summed E-state index contributed by atoms with van der Waals surface area (Å²) in [6.45, 7) is 3.64. The highest BCUT2D eigenvalue weighted by atomic mass is 16.5. The van der Waals surface area contributed by atoms with Crippen LogP contribution < -0.4 is 14.2 Å². The molecule has 0 saturated heterocycles.